The molecule has 4 nitrogen and oxygen atoms in total. The number of carbonyl (C=O) groups is 2. The molecule has 2 atom stereocenters. The van der Waals surface area contributed by atoms with Crippen LogP contribution in [0.1, 0.15) is 63.4 Å². The van der Waals surface area contributed by atoms with Gasteiger partial charge in [-0.25, -0.2) is 0 Å². The van der Waals surface area contributed by atoms with E-state index in [2.05, 4.69) is 28.7 Å². The minimum Gasteiger partial charge on any atom is -0.462 e. The number of rotatable bonds is 3. The molecule has 27 heavy (non-hydrogen) atoms. The lowest BCUT2D eigenvalue weighted by Gasteiger charge is -2.35. The maximum absolute atomic E-state index is 13.2. The second-order valence-corrected chi connectivity index (χ2v) is 8.99. The lowest BCUT2D eigenvalue weighted by molar-refractivity contribution is -0.151. The van der Waals surface area contributed by atoms with Crippen LogP contribution >= 0.6 is 22.6 Å². The van der Waals surface area contributed by atoms with Gasteiger partial charge in [0.15, 0.2) is 5.78 Å². The highest BCUT2D eigenvalue weighted by Crippen LogP contribution is 2.44. The number of hydrogen-bond acceptors (Lipinski definition) is 4. The number of carbonyl (C=O) groups excluding carboxylic acids is 2. The Morgan fingerprint density at radius 2 is 1.96 bits per heavy atom. The Balaban J connectivity index is 1.76. The quantitative estimate of drug-likeness (QED) is 0.457. The Hall–Kier alpha value is -1.50. The molecule has 0 radical (unpaired) electrons. The van der Waals surface area contributed by atoms with E-state index in [1.807, 2.05) is 25.1 Å². The number of esters is 1. The van der Waals surface area contributed by atoms with Crippen LogP contribution in [-0.2, 0) is 14.3 Å². The van der Waals surface area contributed by atoms with Gasteiger partial charge in [0.2, 0.25) is 0 Å². The Morgan fingerprint density at radius 3 is 2.70 bits per heavy atom. The van der Waals surface area contributed by atoms with Gasteiger partial charge in [-0.1, -0.05) is 12.1 Å². The van der Waals surface area contributed by atoms with Crippen LogP contribution in [-0.4, -0.2) is 23.6 Å². The number of allylic oxidation sites excluding steroid dienone is 2. The summed E-state index contributed by atoms with van der Waals surface area (Å²) in [6.07, 6.45) is 6.31. The Bertz CT molecular complexity index is 836. The summed E-state index contributed by atoms with van der Waals surface area (Å²) < 4.78 is 6.96. The fraction of sp³-hybridized carbons (Fsp3) is 0.500. The number of nitrogens with zero attached hydrogens (tertiary/aromatic N) is 1. The van der Waals surface area contributed by atoms with E-state index >= 15 is 0 Å². The van der Waals surface area contributed by atoms with Crippen molar-refractivity contribution >= 4 is 40.1 Å². The van der Waals surface area contributed by atoms with E-state index in [-0.39, 0.29) is 23.8 Å². The molecule has 0 bridgehead atoms. The first kappa shape index (κ1) is 18.8. The Kier molecular flexibility index (Phi) is 5.48. The Morgan fingerprint density at radius 1 is 1.19 bits per heavy atom. The van der Waals surface area contributed by atoms with Crippen LogP contribution in [0.4, 0.5) is 0 Å². The molecular formula is C22H24INO3. The highest BCUT2D eigenvalue weighted by Gasteiger charge is 2.43. The van der Waals surface area contributed by atoms with Gasteiger partial charge in [0.25, 0.3) is 0 Å². The van der Waals surface area contributed by atoms with Gasteiger partial charge in [-0.05, 0) is 85.7 Å². The van der Waals surface area contributed by atoms with Crippen molar-refractivity contribution in [1.29, 1.82) is 0 Å². The second kappa shape index (κ2) is 7.86. The maximum Gasteiger partial charge on any atom is 0.315 e. The zero-order valence-electron chi connectivity index (χ0n) is 15.5. The monoisotopic (exact) mass is 477 g/mol. The van der Waals surface area contributed by atoms with Crippen molar-refractivity contribution in [3.8, 4) is 0 Å². The molecule has 1 aliphatic heterocycles. The molecule has 2 aliphatic carbocycles. The summed E-state index contributed by atoms with van der Waals surface area (Å²) >= 11 is 2.28. The molecule has 1 unspecified atom stereocenters. The predicted octanol–water partition coefficient (Wildman–Crippen LogP) is 4.96. The number of ketones is 1. The van der Waals surface area contributed by atoms with Gasteiger partial charge in [-0.2, -0.15) is 0 Å². The van der Waals surface area contributed by atoms with Crippen molar-refractivity contribution in [1.82, 2.24) is 0 Å². The number of Topliss-reactive ketones (excluding diaryl/α,β-unsaturated/α-hetero) is 1. The molecule has 1 saturated carbocycles. The van der Waals surface area contributed by atoms with Crippen LogP contribution in [0.2, 0.25) is 0 Å². The van der Waals surface area contributed by atoms with Gasteiger partial charge >= 0.3 is 5.97 Å². The first-order valence-corrected chi connectivity index (χ1v) is 10.9. The highest BCUT2D eigenvalue weighted by atomic mass is 127. The molecule has 1 aromatic rings. The molecule has 1 aromatic carbocycles. The van der Waals surface area contributed by atoms with Crippen molar-refractivity contribution in [2.45, 2.75) is 63.9 Å². The number of hydrogen-bond donors (Lipinski definition) is 0. The third-order valence-electron chi connectivity index (χ3n) is 5.88. The minimum absolute atomic E-state index is 0.0132. The molecule has 0 aromatic heterocycles. The van der Waals surface area contributed by atoms with Gasteiger partial charge in [-0.15, -0.1) is 0 Å². The van der Waals surface area contributed by atoms with E-state index in [0.29, 0.717) is 6.42 Å². The zero-order chi connectivity index (χ0) is 19.0. The van der Waals surface area contributed by atoms with E-state index in [1.54, 1.807) is 0 Å². The van der Waals surface area contributed by atoms with E-state index in [1.165, 1.54) is 0 Å². The zero-order valence-corrected chi connectivity index (χ0v) is 17.7. The van der Waals surface area contributed by atoms with Crippen LogP contribution in [0.3, 0.4) is 0 Å². The Labute approximate surface area is 173 Å². The molecule has 0 N–H and O–H groups in total. The molecule has 5 heteroatoms. The predicted molar refractivity (Wildman–Crippen MR) is 113 cm³/mol. The summed E-state index contributed by atoms with van der Waals surface area (Å²) in [7, 11) is 0. The van der Waals surface area contributed by atoms with E-state index in [4.69, 9.17) is 9.73 Å². The third-order valence-corrected chi connectivity index (χ3v) is 6.55. The standard InChI is InChI=1S/C22H24INO3/c1-13-19(22(26)27-16-8-2-3-9-16)20(14-6-4-7-15(23)12-14)21-17(24-13)10-5-11-18(21)25/h4,6-7,12,16,19-20H,2-3,5,8-11H2,1H3/t19?,20-/m0/s1. The van der Waals surface area contributed by atoms with E-state index < -0.39 is 5.92 Å². The molecule has 142 valence electrons. The van der Waals surface area contributed by atoms with Crippen LogP contribution in [0.15, 0.2) is 40.5 Å². The fourth-order valence-electron chi connectivity index (χ4n) is 4.62. The lowest BCUT2D eigenvalue weighted by Crippen LogP contribution is -2.38. The third kappa shape index (κ3) is 3.75. The fourth-order valence-corrected chi connectivity index (χ4v) is 5.18. The van der Waals surface area contributed by atoms with Crippen LogP contribution in [0.5, 0.6) is 0 Å². The summed E-state index contributed by atoms with van der Waals surface area (Å²) in [6.45, 7) is 1.91. The molecule has 0 spiro atoms. The van der Waals surface area contributed by atoms with Gasteiger partial charge in [0.1, 0.15) is 12.0 Å². The normalized spacial score (nSPS) is 26.0. The van der Waals surface area contributed by atoms with Crippen molar-refractivity contribution in [2.24, 2.45) is 10.9 Å². The average Bonchev–Trinajstić information content (AvgIpc) is 3.13. The first-order valence-electron chi connectivity index (χ1n) is 9.82. The highest BCUT2D eigenvalue weighted by molar-refractivity contribution is 14.1. The number of benzene rings is 1. The summed E-state index contributed by atoms with van der Waals surface area (Å²) in [4.78, 5) is 30.7. The second-order valence-electron chi connectivity index (χ2n) is 7.74. The van der Waals surface area contributed by atoms with Crippen molar-refractivity contribution < 1.29 is 14.3 Å². The smallest absolute Gasteiger partial charge is 0.315 e. The van der Waals surface area contributed by atoms with E-state index in [0.717, 1.165) is 64.6 Å². The first-order chi connectivity index (χ1) is 13.0. The molecule has 3 aliphatic rings. The van der Waals surface area contributed by atoms with Crippen molar-refractivity contribution in [3.63, 3.8) is 0 Å². The minimum atomic E-state index is -0.510. The molecule has 0 amide bonds. The summed E-state index contributed by atoms with van der Waals surface area (Å²) in [5.41, 5.74) is 3.39. The topological polar surface area (TPSA) is 55.7 Å². The lowest BCUT2D eigenvalue weighted by atomic mass is 9.72. The van der Waals surface area contributed by atoms with Gasteiger partial charge < -0.3 is 4.74 Å². The molecular weight excluding hydrogens is 453 g/mol. The van der Waals surface area contributed by atoms with E-state index in [9.17, 15) is 9.59 Å². The SMILES string of the molecule is CC1=NC2=C(C(=O)CCC2)[C@@H](c2cccc(I)c2)C1C(=O)OC1CCCC1. The summed E-state index contributed by atoms with van der Waals surface area (Å²) in [6, 6.07) is 8.11. The molecule has 1 heterocycles. The maximum atomic E-state index is 13.2. The van der Waals surface area contributed by atoms with Gasteiger partial charge in [0.05, 0.1) is 0 Å². The number of ether oxygens (including phenoxy) is 1. The average molecular weight is 477 g/mol. The van der Waals surface area contributed by atoms with Crippen molar-refractivity contribution in [2.75, 3.05) is 0 Å². The van der Waals surface area contributed by atoms with Crippen LogP contribution in [0.25, 0.3) is 0 Å². The van der Waals surface area contributed by atoms with Gasteiger partial charge in [0, 0.05) is 32.9 Å². The number of aliphatic imine (C=N–C) groups is 1. The van der Waals surface area contributed by atoms with Gasteiger partial charge in [-0.3, -0.25) is 14.6 Å². The summed E-state index contributed by atoms with van der Waals surface area (Å²) in [5, 5.41) is 0. The molecule has 1 fully saturated rings. The molecule has 0 saturated heterocycles. The van der Waals surface area contributed by atoms with Crippen LogP contribution < -0.4 is 0 Å². The largest absolute Gasteiger partial charge is 0.462 e. The summed E-state index contributed by atoms with van der Waals surface area (Å²) in [5.74, 6) is -0.884. The van der Waals surface area contributed by atoms with Crippen molar-refractivity contribution in [3.05, 3.63) is 44.7 Å². The number of halogens is 1. The molecule has 4 rings (SSSR count). The van der Waals surface area contributed by atoms with Crippen LogP contribution in [0, 0.1) is 9.49 Å².